The quantitative estimate of drug-likeness (QED) is 0.146. The Balaban J connectivity index is 1.64. The molecule has 0 unspecified atom stereocenters. The molecule has 2 aromatic heterocycles. The van der Waals surface area contributed by atoms with Gasteiger partial charge in [-0.15, -0.1) is 0 Å². The van der Waals surface area contributed by atoms with Crippen LogP contribution in [-0.2, 0) is 0 Å². The summed E-state index contributed by atoms with van der Waals surface area (Å²) in [5, 5.41) is 16.0. The smallest absolute Gasteiger partial charge is 0.275 e. The van der Waals surface area contributed by atoms with E-state index in [0.29, 0.717) is 22.9 Å². The second kappa shape index (κ2) is 10.4. The number of nitrogens with zero attached hydrogens (tertiary/aromatic N) is 4. The fourth-order valence-electron chi connectivity index (χ4n) is 4.30. The zero-order chi connectivity index (χ0) is 26.1. The van der Waals surface area contributed by atoms with Gasteiger partial charge in [0.25, 0.3) is 5.69 Å². The van der Waals surface area contributed by atoms with Crippen LogP contribution in [0.2, 0.25) is 5.02 Å². The van der Waals surface area contributed by atoms with Crippen LogP contribution in [0.4, 0.5) is 24.5 Å². The van der Waals surface area contributed by atoms with E-state index in [1.807, 2.05) is 0 Å². The average Bonchev–Trinajstić information content (AvgIpc) is 3.55. The van der Waals surface area contributed by atoms with Crippen LogP contribution in [0.1, 0.15) is 25.7 Å². The van der Waals surface area contributed by atoms with Crippen LogP contribution in [0.5, 0.6) is 0 Å². The van der Waals surface area contributed by atoms with Crippen molar-refractivity contribution in [3.05, 3.63) is 87.6 Å². The van der Waals surface area contributed by atoms with Crippen LogP contribution in [0.15, 0.2) is 55.0 Å². The molecule has 37 heavy (non-hydrogen) atoms. The molecule has 1 fully saturated rings. The zero-order valence-electron chi connectivity index (χ0n) is 19.1. The number of aromatic nitrogens is 3. The summed E-state index contributed by atoms with van der Waals surface area (Å²) in [4.78, 5) is 14.1. The summed E-state index contributed by atoms with van der Waals surface area (Å²) in [6, 6.07) is 7.35. The number of halogens is 4. The highest BCUT2D eigenvalue weighted by molar-refractivity contribution is 8.01. The lowest BCUT2D eigenvalue weighted by Crippen LogP contribution is -2.04. The number of nitro benzene ring substituents is 1. The van der Waals surface area contributed by atoms with Crippen molar-refractivity contribution in [2.24, 2.45) is 0 Å². The highest BCUT2D eigenvalue weighted by Crippen LogP contribution is 2.40. The van der Waals surface area contributed by atoms with E-state index < -0.39 is 33.7 Å². The Morgan fingerprint density at radius 2 is 1.73 bits per heavy atom. The molecular formula is C25H19ClF3N5O2S. The Morgan fingerprint density at radius 3 is 2.38 bits per heavy atom. The van der Waals surface area contributed by atoms with Crippen LogP contribution in [0.25, 0.3) is 28.1 Å². The van der Waals surface area contributed by atoms with E-state index in [1.165, 1.54) is 42.7 Å². The van der Waals surface area contributed by atoms with Gasteiger partial charge in [0.05, 0.1) is 22.7 Å². The molecule has 2 heterocycles. The number of nitrogens with one attached hydrogen (secondary N) is 1. The molecule has 2 aromatic carbocycles. The lowest BCUT2D eigenvalue weighted by atomic mass is 10.0. The number of hydrogen-bond donors (Lipinski definition) is 1. The van der Waals surface area contributed by atoms with E-state index in [0.717, 1.165) is 30.4 Å². The number of hydrogen-bond acceptors (Lipinski definition) is 6. The first kappa shape index (κ1) is 25.1. The van der Waals surface area contributed by atoms with E-state index in [-0.39, 0.29) is 27.5 Å². The number of benzene rings is 2. The van der Waals surface area contributed by atoms with Gasteiger partial charge in [-0.1, -0.05) is 24.4 Å². The molecule has 12 heteroatoms. The zero-order valence-corrected chi connectivity index (χ0v) is 20.7. The van der Waals surface area contributed by atoms with E-state index in [4.69, 9.17) is 11.6 Å². The van der Waals surface area contributed by atoms with Crippen LogP contribution >= 0.6 is 23.5 Å². The van der Waals surface area contributed by atoms with Gasteiger partial charge in [0.2, 0.25) is 0 Å². The summed E-state index contributed by atoms with van der Waals surface area (Å²) < 4.78 is 49.5. The van der Waals surface area contributed by atoms with E-state index in [2.05, 4.69) is 14.8 Å². The third-order valence-corrected chi connectivity index (χ3v) is 7.44. The van der Waals surface area contributed by atoms with Crippen LogP contribution < -0.4 is 4.72 Å². The highest BCUT2D eigenvalue weighted by Gasteiger charge is 2.25. The molecule has 1 aliphatic carbocycles. The average molecular weight is 546 g/mol. The van der Waals surface area contributed by atoms with E-state index in [9.17, 15) is 18.9 Å². The van der Waals surface area contributed by atoms with Crippen molar-refractivity contribution in [1.82, 2.24) is 14.8 Å². The minimum atomic E-state index is -1.19. The van der Waals surface area contributed by atoms with Gasteiger partial charge in [0.1, 0.15) is 11.4 Å². The summed E-state index contributed by atoms with van der Waals surface area (Å²) in [5.41, 5.74) is -0.169. The van der Waals surface area contributed by atoms with Crippen LogP contribution in [0.3, 0.4) is 0 Å². The van der Waals surface area contributed by atoms with Gasteiger partial charge < -0.3 is 4.72 Å². The molecule has 1 aliphatic rings. The first-order chi connectivity index (χ1) is 17.8. The Kier molecular flexibility index (Phi) is 7.07. The summed E-state index contributed by atoms with van der Waals surface area (Å²) >= 11 is 7.79. The predicted molar refractivity (Wildman–Crippen MR) is 137 cm³/mol. The molecule has 0 spiro atoms. The van der Waals surface area contributed by atoms with Crippen LogP contribution in [-0.4, -0.2) is 24.9 Å². The molecule has 7 nitrogen and oxygen atoms in total. The Hall–Kier alpha value is -3.57. The van der Waals surface area contributed by atoms with Crippen molar-refractivity contribution in [1.29, 1.82) is 0 Å². The van der Waals surface area contributed by atoms with Gasteiger partial charge in [0.15, 0.2) is 17.5 Å². The molecule has 5 rings (SSSR count). The topological polar surface area (TPSA) is 85.9 Å². The molecule has 0 amide bonds. The first-order valence-electron chi connectivity index (χ1n) is 11.4. The second-order valence-electron chi connectivity index (χ2n) is 8.53. The van der Waals surface area contributed by atoms with Crippen molar-refractivity contribution in [3.63, 3.8) is 0 Å². The lowest BCUT2D eigenvalue weighted by molar-refractivity contribution is -0.385. The molecule has 0 bridgehead atoms. The Labute approximate surface area is 219 Å². The Morgan fingerprint density at radius 1 is 1.05 bits per heavy atom. The molecule has 4 aromatic rings. The van der Waals surface area contributed by atoms with Gasteiger partial charge in [-0.3, -0.25) is 15.1 Å². The molecule has 1 saturated carbocycles. The maximum absolute atomic E-state index is 15.8. The summed E-state index contributed by atoms with van der Waals surface area (Å²) in [5.74, 6) is -2.98. The summed E-state index contributed by atoms with van der Waals surface area (Å²) in [6.07, 6.45) is 8.62. The number of pyridine rings is 1. The first-order valence-corrected chi connectivity index (χ1v) is 12.6. The third kappa shape index (κ3) is 5.14. The third-order valence-electron chi connectivity index (χ3n) is 6.07. The molecule has 0 radical (unpaired) electrons. The largest absolute Gasteiger partial charge is 0.327 e. The summed E-state index contributed by atoms with van der Waals surface area (Å²) in [6.45, 7) is 0. The van der Waals surface area contributed by atoms with Crippen molar-refractivity contribution in [3.8, 4) is 28.1 Å². The molecule has 0 aliphatic heterocycles. The maximum Gasteiger partial charge on any atom is 0.275 e. The normalized spacial score (nSPS) is 13.7. The summed E-state index contributed by atoms with van der Waals surface area (Å²) in [7, 11) is 0. The molecule has 1 N–H and O–H groups in total. The fourth-order valence-corrected chi connectivity index (χ4v) is 5.53. The number of anilines is 1. The van der Waals surface area contributed by atoms with Crippen molar-refractivity contribution in [2.75, 3.05) is 4.72 Å². The standard InChI is InChI=1S/C25H19ClF3N5O2S/c26-15-9-18(23(29)22(10-15)32-37-17-3-1-2-4-17)19-13-33(31-24(19)14-5-7-30-8-6-14)25-20(27)11-16(34(35)36)12-21(25)28/h5-13,17,32H,1-4H2. The lowest BCUT2D eigenvalue weighted by Gasteiger charge is -2.14. The van der Waals surface area contributed by atoms with Crippen LogP contribution in [0, 0.1) is 27.6 Å². The minimum Gasteiger partial charge on any atom is -0.327 e. The number of rotatable bonds is 7. The van der Waals surface area contributed by atoms with Crippen molar-refractivity contribution >= 4 is 34.9 Å². The monoisotopic (exact) mass is 545 g/mol. The number of nitro groups is 1. The minimum absolute atomic E-state index is 0.0720. The SMILES string of the molecule is O=[N+]([O-])c1cc(F)c(-n2cc(-c3cc(Cl)cc(NSC4CCCC4)c3F)c(-c3ccncc3)n2)c(F)c1. The van der Waals surface area contributed by atoms with Gasteiger partial charge >= 0.3 is 0 Å². The van der Waals surface area contributed by atoms with Gasteiger partial charge in [-0.25, -0.2) is 17.9 Å². The van der Waals surface area contributed by atoms with Gasteiger partial charge in [0, 0.05) is 45.6 Å². The molecular weight excluding hydrogens is 527 g/mol. The maximum atomic E-state index is 15.8. The van der Waals surface area contributed by atoms with E-state index in [1.54, 1.807) is 12.1 Å². The Bertz CT molecular complexity index is 1460. The van der Waals surface area contributed by atoms with Crippen molar-refractivity contribution < 1.29 is 18.1 Å². The predicted octanol–water partition coefficient (Wildman–Crippen LogP) is 7.58. The fraction of sp³-hybridized carbons (Fsp3) is 0.200. The van der Waals surface area contributed by atoms with Gasteiger partial charge in [-0.2, -0.15) is 5.10 Å². The molecule has 190 valence electrons. The highest BCUT2D eigenvalue weighted by atomic mass is 35.5. The second-order valence-corrected chi connectivity index (χ2v) is 10.1. The molecule has 0 saturated heterocycles. The molecule has 0 atom stereocenters. The number of non-ortho nitro benzene ring substituents is 1. The van der Waals surface area contributed by atoms with E-state index >= 15 is 4.39 Å². The van der Waals surface area contributed by atoms with Gasteiger partial charge in [-0.05, 0) is 49.1 Å². The van der Waals surface area contributed by atoms with Crippen molar-refractivity contribution in [2.45, 2.75) is 30.9 Å².